The van der Waals surface area contributed by atoms with Crippen molar-refractivity contribution in [1.29, 1.82) is 0 Å². The monoisotopic (exact) mass is 276 g/mol. The third-order valence-electron chi connectivity index (χ3n) is 2.41. The number of thiophene rings is 1. The van der Waals surface area contributed by atoms with Gasteiger partial charge >= 0.3 is 0 Å². The molecule has 0 aliphatic heterocycles. The van der Waals surface area contributed by atoms with Crippen LogP contribution in [-0.4, -0.2) is 12.0 Å². The summed E-state index contributed by atoms with van der Waals surface area (Å²) in [5.74, 6) is 0.576. The van der Waals surface area contributed by atoms with Crippen LogP contribution in [0.3, 0.4) is 0 Å². The molecule has 0 radical (unpaired) electrons. The Morgan fingerprint density at radius 1 is 1.26 bits per heavy atom. The Balaban J connectivity index is 2.05. The van der Waals surface area contributed by atoms with Crippen molar-refractivity contribution in [3.05, 3.63) is 41.3 Å². The number of carbonyl (C=O) groups excluding carboxylic acids is 1. The van der Waals surface area contributed by atoms with E-state index in [1.165, 1.54) is 11.3 Å². The molecule has 1 aromatic heterocycles. The van der Waals surface area contributed by atoms with E-state index in [4.69, 9.17) is 10.5 Å². The lowest BCUT2D eigenvalue weighted by molar-refractivity contribution is 0.102. The zero-order valence-corrected chi connectivity index (χ0v) is 11.7. The van der Waals surface area contributed by atoms with Gasteiger partial charge in [-0.25, -0.2) is 0 Å². The van der Waals surface area contributed by atoms with Gasteiger partial charge in [-0.3, -0.25) is 4.79 Å². The first-order chi connectivity index (χ1) is 9.06. The quantitative estimate of drug-likeness (QED) is 0.899. The van der Waals surface area contributed by atoms with E-state index in [0.717, 1.165) is 5.75 Å². The highest BCUT2D eigenvalue weighted by atomic mass is 32.1. The third-order valence-corrected chi connectivity index (χ3v) is 3.26. The maximum Gasteiger partial charge on any atom is 0.256 e. The number of benzene rings is 1. The summed E-state index contributed by atoms with van der Waals surface area (Å²) in [5, 5.41) is 5.29. The van der Waals surface area contributed by atoms with Crippen molar-refractivity contribution >= 4 is 27.9 Å². The molecule has 0 spiro atoms. The van der Waals surface area contributed by atoms with Crippen LogP contribution in [0.15, 0.2) is 35.7 Å². The average molecular weight is 276 g/mol. The van der Waals surface area contributed by atoms with E-state index in [2.05, 4.69) is 5.32 Å². The lowest BCUT2D eigenvalue weighted by atomic mass is 10.2. The highest BCUT2D eigenvalue weighted by molar-refractivity contribution is 7.15. The molecule has 3 N–H and O–H groups in total. The second-order valence-corrected chi connectivity index (χ2v) is 5.27. The van der Waals surface area contributed by atoms with Crippen LogP contribution in [0.4, 0.5) is 10.7 Å². The standard InChI is InChI=1S/C14H16N2O2S/c1-9(2)18-11-5-3-10(4-6-11)13(17)16-14-12(15)7-8-19-14/h3-9H,15H2,1-2H3,(H,16,17). The average Bonchev–Trinajstić information content (AvgIpc) is 2.75. The Hall–Kier alpha value is -2.01. The Kier molecular flexibility index (Phi) is 4.06. The zero-order valence-electron chi connectivity index (χ0n) is 10.8. The highest BCUT2D eigenvalue weighted by Gasteiger charge is 2.09. The van der Waals surface area contributed by atoms with Gasteiger partial charge in [0.15, 0.2) is 0 Å². The molecule has 0 saturated heterocycles. The molecule has 0 aliphatic carbocycles. The smallest absolute Gasteiger partial charge is 0.256 e. The summed E-state index contributed by atoms with van der Waals surface area (Å²) in [6, 6.07) is 8.80. The summed E-state index contributed by atoms with van der Waals surface area (Å²) in [4.78, 5) is 12.0. The first kappa shape index (κ1) is 13.4. The molecule has 0 fully saturated rings. The van der Waals surface area contributed by atoms with Crippen LogP contribution in [0, 0.1) is 0 Å². The number of rotatable bonds is 4. The van der Waals surface area contributed by atoms with Gasteiger partial charge in [0.05, 0.1) is 11.8 Å². The van der Waals surface area contributed by atoms with Crippen LogP contribution >= 0.6 is 11.3 Å². The van der Waals surface area contributed by atoms with Gasteiger partial charge in [0.1, 0.15) is 10.8 Å². The number of nitrogens with two attached hydrogens (primary N) is 1. The Bertz CT molecular complexity index is 561. The predicted octanol–water partition coefficient (Wildman–Crippen LogP) is 3.37. The highest BCUT2D eigenvalue weighted by Crippen LogP contribution is 2.26. The van der Waals surface area contributed by atoms with Gasteiger partial charge in [0.25, 0.3) is 5.91 Å². The van der Waals surface area contributed by atoms with Gasteiger partial charge in [-0.05, 0) is 49.6 Å². The summed E-state index contributed by atoms with van der Waals surface area (Å²) < 4.78 is 5.52. The lowest BCUT2D eigenvalue weighted by Gasteiger charge is -2.10. The third kappa shape index (κ3) is 3.48. The second kappa shape index (κ2) is 5.75. The van der Waals surface area contributed by atoms with Crippen molar-refractivity contribution in [2.75, 3.05) is 11.1 Å². The van der Waals surface area contributed by atoms with Crippen molar-refractivity contribution < 1.29 is 9.53 Å². The number of hydrogen-bond acceptors (Lipinski definition) is 4. The van der Waals surface area contributed by atoms with Crippen molar-refractivity contribution in [2.45, 2.75) is 20.0 Å². The molecule has 0 bridgehead atoms. The van der Waals surface area contributed by atoms with Crippen LogP contribution in [0.25, 0.3) is 0 Å². The number of carbonyl (C=O) groups is 1. The molecule has 2 rings (SSSR count). The maximum absolute atomic E-state index is 12.0. The van der Waals surface area contributed by atoms with Gasteiger partial charge in [0.2, 0.25) is 0 Å². The molecular formula is C14H16N2O2S. The van der Waals surface area contributed by atoms with Crippen molar-refractivity contribution in [3.8, 4) is 5.75 Å². The van der Waals surface area contributed by atoms with Crippen molar-refractivity contribution in [2.24, 2.45) is 0 Å². The molecule has 0 atom stereocenters. The minimum absolute atomic E-state index is 0.116. The van der Waals surface area contributed by atoms with Crippen molar-refractivity contribution in [3.63, 3.8) is 0 Å². The fourth-order valence-corrected chi connectivity index (χ4v) is 2.26. The number of hydrogen-bond donors (Lipinski definition) is 2. The van der Waals surface area contributed by atoms with Crippen LogP contribution in [0.1, 0.15) is 24.2 Å². The van der Waals surface area contributed by atoms with Gasteiger partial charge < -0.3 is 15.8 Å². The Morgan fingerprint density at radius 2 is 1.95 bits per heavy atom. The molecule has 1 amide bonds. The van der Waals surface area contributed by atoms with E-state index in [-0.39, 0.29) is 12.0 Å². The lowest BCUT2D eigenvalue weighted by Crippen LogP contribution is -2.12. The minimum atomic E-state index is -0.176. The molecule has 2 aromatic rings. The molecule has 0 saturated carbocycles. The number of nitrogen functional groups attached to an aromatic ring is 1. The largest absolute Gasteiger partial charge is 0.491 e. The van der Waals surface area contributed by atoms with Gasteiger partial charge in [-0.15, -0.1) is 11.3 Å². The molecule has 0 unspecified atom stereocenters. The summed E-state index contributed by atoms with van der Waals surface area (Å²) >= 11 is 1.40. The molecule has 0 aliphatic rings. The first-order valence-electron chi connectivity index (χ1n) is 5.97. The minimum Gasteiger partial charge on any atom is -0.491 e. The molecular weight excluding hydrogens is 260 g/mol. The molecule has 5 heteroatoms. The number of nitrogens with one attached hydrogen (secondary N) is 1. The number of ether oxygens (including phenoxy) is 1. The number of amides is 1. The van der Waals surface area contributed by atoms with Crippen molar-refractivity contribution in [1.82, 2.24) is 0 Å². The molecule has 100 valence electrons. The Morgan fingerprint density at radius 3 is 2.47 bits per heavy atom. The summed E-state index contributed by atoms with van der Waals surface area (Å²) in [7, 11) is 0. The number of anilines is 2. The molecule has 4 nitrogen and oxygen atoms in total. The van der Waals surface area contributed by atoms with E-state index in [1.54, 1.807) is 30.3 Å². The summed E-state index contributed by atoms with van der Waals surface area (Å²) in [6.07, 6.45) is 0.116. The van der Waals surface area contributed by atoms with Gasteiger partial charge in [-0.2, -0.15) is 0 Å². The van der Waals surface area contributed by atoms with Gasteiger partial charge in [0, 0.05) is 5.56 Å². The van der Waals surface area contributed by atoms with E-state index in [0.29, 0.717) is 16.3 Å². The first-order valence-corrected chi connectivity index (χ1v) is 6.85. The fourth-order valence-electron chi connectivity index (χ4n) is 1.55. The topological polar surface area (TPSA) is 64.3 Å². The van der Waals surface area contributed by atoms with E-state index < -0.39 is 0 Å². The van der Waals surface area contributed by atoms with Crippen LogP contribution < -0.4 is 15.8 Å². The zero-order chi connectivity index (χ0) is 13.8. The van der Waals surface area contributed by atoms with Gasteiger partial charge in [-0.1, -0.05) is 0 Å². The summed E-state index contributed by atoms with van der Waals surface area (Å²) in [6.45, 7) is 3.92. The SMILES string of the molecule is CC(C)Oc1ccc(C(=O)Nc2sccc2N)cc1. The second-order valence-electron chi connectivity index (χ2n) is 4.35. The van der Waals surface area contributed by atoms with E-state index in [1.807, 2.05) is 19.2 Å². The predicted molar refractivity (Wildman–Crippen MR) is 78.9 cm³/mol. The van der Waals surface area contributed by atoms with E-state index in [9.17, 15) is 4.79 Å². The fraction of sp³-hybridized carbons (Fsp3) is 0.214. The van der Waals surface area contributed by atoms with Crippen LogP contribution in [0.5, 0.6) is 5.75 Å². The molecule has 1 aromatic carbocycles. The van der Waals surface area contributed by atoms with Crippen LogP contribution in [0.2, 0.25) is 0 Å². The maximum atomic E-state index is 12.0. The van der Waals surface area contributed by atoms with Crippen LogP contribution in [-0.2, 0) is 0 Å². The normalized spacial score (nSPS) is 10.5. The van der Waals surface area contributed by atoms with E-state index >= 15 is 0 Å². The molecule has 1 heterocycles. The Labute approximate surface area is 116 Å². The summed E-state index contributed by atoms with van der Waals surface area (Å²) in [5.41, 5.74) is 6.88. The molecule has 19 heavy (non-hydrogen) atoms.